The number of hydrogen-bond acceptors (Lipinski definition) is 8. The number of anilines is 1. The number of ether oxygens (including phenoxy) is 2. The van der Waals surface area contributed by atoms with Crippen LogP contribution in [0.25, 0.3) is 0 Å². The lowest BCUT2D eigenvalue weighted by Gasteiger charge is -2.22. The third-order valence-electron chi connectivity index (χ3n) is 3.48. The molecule has 1 aromatic heterocycles. The first kappa shape index (κ1) is 13.3. The molecule has 3 rings (SSSR count). The quantitative estimate of drug-likeness (QED) is 0.555. The van der Waals surface area contributed by atoms with E-state index in [9.17, 15) is 5.11 Å². The average Bonchev–Trinajstić information content (AvgIpc) is 3.00. The molecule has 0 radical (unpaired) electrons. The van der Waals surface area contributed by atoms with Gasteiger partial charge in [0, 0.05) is 13.5 Å². The Bertz CT molecular complexity index is 531. The van der Waals surface area contributed by atoms with Crippen molar-refractivity contribution in [1.29, 1.82) is 0 Å². The van der Waals surface area contributed by atoms with Crippen molar-refractivity contribution in [3.05, 3.63) is 12.0 Å². The molecule has 0 aromatic carbocycles. The molecular formula is C11H17N5O4. The number of nitrogens with one attached hydrogen (secondary N) is 1. The van der Waals surface area contributed by atoms with Crippen molar-refractivity contribution in [3.8, 4) is 0 Å². The van der Waals surface area contributed by atoms with Gasteiger partial charge in [-0.3, -0.25) is 4.57 Å². The molecule has 110 valence electrons. The van der Waals surface area contributed by atoms with Crippen LogP contribution in [-0.4, -0.2) is 51.6 Å². The highest BCUT2D eigenvalue weighted by molar-refractivity contribution is 5.93. The summed E-state index contributed by atoms with van der Waals surface area (Å²) in [4.78, 5) is 8.34. The molecule has 9 heteroatoms. The smallest absolute Gasteiger partial charge is 0.198 e. The summed E-state index contributed by atoms with van der Waals surface area (Å²) in [5.41, 5.74) is 6.31. The number of rotatable bonds is 3. The van der Waals surface area contributed by atoms with E-state index in [2.05, 4.69) is 15.3 Å². The van der Waals surface area contributed by atoms with Gasteiger partial charge < -0.3 is 30.7 Å². The molecule has 1 fully saturated rings. The van der Waals surface area contributed by atoms with Gasteiger partial charge in [0.05, 0.1) is 19.0 Å². The van der Waals surface area contributed by atoms with Crippen LogP contribution in [0.1, 0.15) is 24.6 Å². The van der Waals surface area contributed by atoms with Crippen molar-refractivity contribution < 1.29 is 19.7 Å². The number of aliphatic imine (C=N–C) groups is 1. The minimum atomic E-state index is -0.712. The predicted molar refractivity (Wildman–Crippen MR) is 68.8 cm³/mol. The Morgan fingerprint density at radius 2 is 2.45 bits per heavy atom. The molecule has 0 amide bonds. The van der Waals surface area contributed by atoms with Gasteiger partial charge in [-0.2, -0.15) is 0 Å². The van der Waals surface area contributed by atoms with Crippen molar-refractivity contribution in [3.63, 3.8) is 0 Å². The maximum Gasteiger partial charge on any atom is 0.198 e. The molecule has 4 unspecified atom stereocenters. The van der Waals surface area contributed by atoms with E-state index in [1.807, 2.05) is 0 Å². The first-order valence-electron chi connectivity index (χ1n) is 6.28. The van der Waals surface area contributed by atoms with Gasteiger partial charge in [-0.1, -0.05) is 0 Å². The number of fused-ring (bicyclic) bond motifs is 1. The SMILES string of the molecule is COC1N=C(N)Nc2c1ncn2C1CC(O)C(CO)O1. The van der Waals surface area contributed by atoms with E-state index < -0.39 is 24.7 Å². The highest BCUT2D eigenvalue weighted by Gasteiger charge is 2.37. The molecule has 5 N–H and O–H groups in total. The third-order valence-corrected chi connectivity index (χ3v) is 3.48. The van der Waals surface area contributed by atoms with E-state index in [0.29, 0.717) is 17.9 Å². The molecule has 0 spiro atoms. The zero-order valence-electron chi connectivity index (χ0n) is 10.9. The maximum absolute atomic E-state index is 9.80. The summed E-state index contributed by atoms with van der Waals surface area (Å²) in [6, 6.07) is 0. The summed E-state index contributed by atoms with van der Waals surface area (Å²) in [5.74, 6) is 0.850. The molecule has 1 aromatic rings. The van der Waals surface area contributed by atoms with E-state index in [1.165, 1.54) is 7.11 Å². The minimum absolute atomic E-state index is 0.225. The number of imidazole rings is 1. The molecule has 20 heavy (non-hydrogen) atoms. The molecule has 3 heterocycles. The number of guanidine groups is 1. The summed E-state index contributed by atoms with van der Waals surface area (Å²) in [6.45, 7) is -0.230. The van der Waals surface area contributed by atoms with Gasteiger partial charge in [-0.25, -0.2) is 9.98 Å². The largest absolute Gasteiger partial charge is 0.394 e. The van der Waals surface area contributed by atoms with Gasteiger partial charge >= 0.3 is 0 Å². The van der Waals surface area contributed by atoms with Gasteiger partial charge in [-0.05, 0) is 0 Å². The third kappa shape index (κ3) is 2.04. The molecule has 0 saturated carbocycles. The van der Waals surface area contributed by atoms with Gasteiger partial charge in [0.2, 0.25) is 0 Å². The minimum Gasteiger partial charge on any atom is -0.394 e. The van der Waals surface area contributed by atoms with Crippen LogP contribution in [0.3, 0.4) is 0 Å². The van der Waals surface area contributed by atoms with Crippen LogP contribution in [0, 0.1) is 0 Å². The molecule has 0 aliphatic carbocycles. The summed E-state index contributed by atoms with van der Waals surface area (Å²) in [6.07, 6.45) is -0.345. The lowest BCUT2D eigenvalue weighted by molar-refractivity contribution is -0.0437. The molecule has 2 aliphatic rings. The van der Waals surface area contributed by atoms with Crippen molar-refractivity contribution in [2.75, 3.05) is 19.0 Å². The average molecular weight is 283 g/mol. The molecule has 1 saturated heterocycles. The maximum atomic E-state index is 9.80. The van der Waals surface area contributed by atoms with E-state index in [0.717, 1.165) is 0 Å². The lowest BCUT2D eigenvalue weighted by Crippen LogP contribution is -2.30. The Hall–Kier alpha value is -1.68. The molecule has 9 nitrogen and oxygen atoms in total. The van der Waals surface area contributed by atoms with Crippen molar-refractivity contribution in [2.45, 2.75) is 31.1 Å². The highest BCUT2D eigenvalue weighted by Crippen LogP contribution is 2.35. The second-order valence-electron chi connectivity index (χ2n) is 4.73. The molecule has 2 aliphatic heterocycles. The van der Waals surface area contributed by atoms with E-state index in [1.54, 1.807) is 10.9 Å². The van der Waals surface area contributed by atoms with Gasteiger partial charge in [0.15, 0.2) is 12.2 Å². The van der Waals surface area contributed by atoms with Crippen LogP contribution in [0.4, 0.5) is 5.82 Å². The fourth-order valence-corrected chi connectivity index (χ4v) is 2.46. The summed E-state index contributed by atoms with van der Waals surface area (Å²) >= 11 is 0. The Balaban J connectivity index is 1.89. The second-order valence-corrected chi connectivity index (χ2v) is 4.73. The number of nitrogens with two attached hydrogens (primary N) is 1. The van der Waals surface area contributed by atoms with Gasteiger partial charge in [0.1, 0.15) is 23.8 Å². The van der Waals surface area contributed by atoms with Crippen molar-refractivity contribution in [2.24, 2.45) is 10.7 Å². The van der Waals surface area contributed by atoms with Crippen molar-refractivity contribution >= 4 is 11.8 Å². The number of aromatic nitrogens is 2. The van der Waals surface area contributed by atoms with E-state index in [-0.39, 0.29) is 12.6 Å². The van der Waals surface area contributed by atoms with E-state index in [4.69, 9.17) is 20.3 Å². The summed E-state index contributed by atoms with van der Waals surface area (Å²) in [5, 5.41) is 21.8. The Morgan fingerprint density at radius 1 is 1.65 bits per heavy atom. The standard InChI is InChI=1S/C11H17N5O4/c1-19-10-8-9(14-11(12)15-10)16(4-13-8)7-2-5(18)6(3-17)20-7/h4-7,10,17-18H,2-3H2,1H3,(H3,12,14,15). The van der Waals surface area contributed by atoms with Crippen LogP contribution < -0.4 is 11.1 Å². The number of aliphatic hydroxyl groups is 2. The van der Waals surface area contributed by atoms with Gasteiger partial charge in [-0.15, -0.1) is 0 Å². The van der Waals surface area contributed by atoms with E-state index >= 15 is 0 Å². The van der Waals surface area contributed by atoms with Crippen LogP contribution in [0.5, 0.6) is 0 Å². The normalized spacial score (nSPS) is 32.6. The number of nitrogens with zero attached hydrogens (tertiary/aromatic N) is 3. The fraction of sp³-hybridized carbons (Fsp3) is 0.636. The Kier molecular flexibility index (Phi) is 3.34. The summed E-state index contributed by atoms with van der Waals surface area (Å²) < 4.78 is 12.5. The zero-order valence-corrected chi connectivity index (χ0v) is 10.9. The predicted octanol–water partition coefficient (Wildman–Crippen LogP) is -1.09. The number of aliphatic hydroxyl groups excluding tert-OH is 2. The van der Waals surface area contributed by atoms with Crippen LogP contribution in [0.15, 0.2) is 11.3 Å². The first-order chi connectivity index (χ1) is 9.63. The van der Waals surface area contributed by atoms with Crippen LogP contribution in [0.2, 0.25) is 0 Å². The topological polar surface area (TPSA) is 127 Å². The highest BCUT2D eigenvalue weighted by atomic mass is 16.5. The zero-order chi connectivity index (χ0) is 14.3. The number of methoxy groups -OCH3 is 1. The fourth-order valence-electron chi connectivity index (χ4n) is 2.46. The van der Waals surface area contributed by atoms with Gasteiger partial charge in [0.25, 0.3) is 0 Å². The van der Waals surface area contributed by atoms with Crippen LogP contribution >= 0.6 is 0 Å². The first-order valence-corrected chi connectivity index (χ1v) is 6.28. The molecule has 0 bridgehead atoms. The summed E-state index contributed by atoms with van der Waals surface area (Å²) in [7, 11) is 1.52. The monoisotopic (exact) mass is 283 g/mol. The number of hydrogen-bond donors (Lipinski definition) is 4. The lowest BCUT2D eigenvalue weighted by atomic mass is 10.2. The second kappa shape index (κ2) is 5.02. The Morgan fingerprint density at radius 3 is 3.10 bits per heavy atom. The van der Waals surface area contributed by atoms with Crippen LogP contribution in [-0.2, 0) is 9.47 Å². The Labute approximate surface area is 115 Å². The molecular weight excluding hydrogens is 266 g/mol. The molecule has 4 atom stereocenters. The van der Waals surface area contributed by atoms with Crippen molar-refractivity contribution in [1.82, 2.24) is 9.55 Å².